The summed E-state index contributed by atoms with van der Waals surface area (Å²) in [6.45, 7) is 3.67. The van der Waals surface area contributed by atoms with Crippen molar-refractivity contribution in [2.75, 3.05) is 57.9 Å². The molecule has 0 N–H and O–H groups in total. The van der Waals surface area contributed by atoms with Gasteiger partial charge in [-0.2, -0.15) is 0 Å². The van der Waals surface area contributed by atoms with Crippen LogP contribution in [0.1, 0.15) is 12.8 Å². The number of amides is 3. The van der Waals surface area contributed by atoms with E-state index in [0.29, 0.717) is 52.2 Å². The van der Waals surface area contributed by atoms with E-state index < -0.39 is 5.79 Å². The van der Waals surface area contributed by atoms with Crippen LogP contribution in [-0.2, 0) is 14.3 Å². The molecule has 0 atom stereocenters. The van der Waals surface area contributed by atoms with Crippen molar-refractivity contribution < 1.29 is 23.8 Å². The maximum absolute atomic E-state index is 12.7. The van der Waals surface area contributed by atoms with Crippen molar-refractivity contribution in [2.24, 2.45) is 0 Å². The maximum atomic E-state index is 12.7. The Balaban J connectivity index is 1.32. The van der Waals surface area contributed by atoms with E-state index in [-0.39, 0.29) is 18.5 Å². The molecule has 1 aromatic carbocycles. The first-order valence-electron chi connectivity index (χ1n) is 9.36. The molecule has 8 heteroatoms. The molecule has 3 amide bonds. The zero-order valence-corrected chi connectivity index (χ0v) is 15.6. The van der Waals surface area contributed by atoms with Crippen molar-refractivity contribution in [3.05, 3.63) is 24.3 Å². The van der Waals surface area contributed by atoms with Crippen LogP contribution in [0.4, 0.5) is 10.5 Å². The number of urea groups is 1. The molecule has 8 nitrogen and oxygen atoms in total. The summed E-state index contributed by atoms with van der Waals surface area (Å²) in [6, 6.07) is 7.23. The molecule has 0 bridgehead atoms. The fourth-order valence-corrected chi connectivity index (χ4v) is 3.88. The number of carbonyl (C=O) groups is 2. The zero-order chi connectivity index (χ0) is 18.9. The molecular weight excluding hydrogens is 350 g/mol. The highest BCUT2D eigenvalue weighted by molar-refractivity contribution is 5.96. The van der Waals surface area contributed by atoms with Gasteiger partial charge in [0.25, 0.3) is 0 Å². The van der Waals surface area contributed by atoms with Crippen LogP contribution >= 0.6 is 0 Å². The van der Waals surface area contributed by atoms with Crippen molar-refractivity contribution in [2.45, 2.75) is 18.6 Å². The van der Waals surface area contributed by atoms with Gasteiger partial charge in [-0.25, -0.2) is 4.79 Å². The monoisotopic (exact) mass is 375 g/mol. The SMILES string of the molecule is COc1ccc(N2CCN(CC(=O)N3CCC4(CC3)OCCO4)C2=O)cc1. The summed E-state index contributed by atoms with van der Waals surface area (Å²) in [5.74, 6) is 0.231. The second kappa shape index (κ2) is 7.36. The van der Waals surface area contributed by atoms with Gasteiger partial charge in [-0.05, 0) is 24.3 Å². The average Bonchev–Trinajstić information content (AvgIpc) is 3.30. The Morgan fingerprint density at radius 3 is 2.37 bits per heavy atom. The molecule has 0 unspecified atom stereocenters. The lowest BCUT2D eigenvalue weighted by Crippen LogP contribution is -2.50. The third-order valence-electron chi connectivity index (χ3n) is 5.50. The van der Waals surface area contributed by atoms with Gasteiger partial charge in [0.15, 0.2) is 5.79 Å². The van der Waals surface area contributed by atoms with Gasteiger partial charge < -0.3 is 24.0 Å². The number of methoxy groups -OCH3 is 1. The van der Waals surface area contributed by atoms with Gasteiger partial charge in [0, 0.05) is 44.7 Å². The Morgan fingerprint density at radius 1 is 1.07 bits per heavy atom. The summed E-state index contributed by atoms with van der Waals surface area (Å²) in [6.07, 6.45) is 1.37. The van der Waals surface area contributed by atoms with Crippen LogP contribution in [-0.4, -0.2) is 80.6 Å². The summed E-state index contributed by atoms with van der Waals surface area (Å²) in [5, 5.41) is 0. The van der Waals surface area contributed by atoms with Gasteiger partial charge in [0.1, 0.15) is 12.3 Å². The summed E-state index contributed by atoms with van der Waals surface area (Å²) in [5.41, 5.74) is 0.811. The molecule has 0 aromatic heterocycles. The number of carbonyl (C=O) groups excluding carboxylic acids is 2. The van der Waals surface area contributed by atoms with Crippen molar-refractivity contribution in [1.29, 1.82) is 0 Å². The molecular formula is C19H25N3O5. The summed E-state index contributed by atoms with van der Waals surface area (Å²) in [7, 11) is 1.61. The third kappa shape index (κ3) is 3.59. The number of benzene rings is 1. The standard InChI is InChI=1S/C19H25N3O5/c1-25-16-4-2-15(3-5-16)22-11-10-21(18(22)24)14-17(23)20-8-6-19(7-9-20)26-12-13-27-19/h2-5H,6-14H2,1H3. The minimum Gasteiger partial charge on any atom is -0.497 e. The molecule has 146 valence electrons. The summed E-state index contributed by atoms with van der Waals surface area (Å²) < 4.78 is 16.6. The highest BCUT2D eigenvalue weighted by Gasteiger charge is 2.41. The molecule has 4 rings (SSSR count). The van der Waals surface area contributed by atoms with Crippen molar-refractivity contribution in [3.8, 4) is 5.75 Å². The topological polar surface area (TPSA) is 71.6 Å². The minimum atomic E-state index is -0.495. The Bertz CT molecular complexity index is 692. The molecule has 3 heterocycles. The van der Waals surface area contributed by atoms with E-state index in [0.717, 1.165) is 11.4 Å². The fourth-order valence-electron chi connectivity index (χ4n) is 3.88. The van der Waals surface area contributed by atoms with Crippen LogP contribution in [0, 0.1) is 0 Å². The van der Waals surface area contributed by atoms with Crippen molar-refractivity contribution in [1.82, 2.24) is 9.80 Å². The molecule has 0 aliphatic carbocycles. The van der Waals surface area contributed by atoms with E-state index in [9.17, 15) is 9.59 Å². The quantitative estimate of drug-likeness (QED) is 0.793. The minimum absolute atomic E-state index is 0.0206. The van der Waals surface area contributed by atoms with E-state index in [4.69, 9.17) is 14.2 Å². The van der Waals surface area contributed by atoms with Gasteiger partial charge in [-0.1, -0.05) is 0 Å². The largest absolute Gasteiger partial charge is 0.497 e. The molecule has 3 fully saturated rings. The summed E-state index contributed by atoms with van der Waals surface area (Å²) in [4.78, 5) is 30.4. The van der Waals surface area contributed by atoms with E-state index in [1.807, 2.05) is 24.3 Å². The number of anilines is 1. The lowest BCUT2D eigenvalue weighted by atomic mass is 10.0. The van der Waals surface area contributed by atoms with Gasteiger partial charge in [-0.15, -0.1) is 0 Å². The number of likely N-dealkylation sites (tertiary alicyclic amines) is 1. The second-order valence-corrected chi connectivity index (χ2v) is 7.04. The molecule has 3 aliphatic rings. The number of hydrogen-bond donors (Lipinski definition) is 0. The molecule has 1 spiro atoms. The van der Waals surface area contributed by atoms with Crippen LogP contribution in [0.2, 0.25) is 0 Å². The lowest BCUT2D eigenvalue weighted by molar-refractivity contribution is -0.187. The zero-order valence-electron chi connectivity index (χ0n) is 15.6. The number of hydrogen-bond acceptors (Lipinski definition) is 5. The highest BCUT2D eigenvalue weighted by atomic mass is 16.7. The number of ether oxygens (including phenoxy) is 3. The predicted molar refractivity (Wildman–Crippen MR) is 97.8 cm³/mol. The Hall–Kier alpha value is -2.32. The van der Waals surface area contributed by atoms with Crippen LogP contribution in [0.3, 0.4) is 0 Å². The van der Waals surface area contributed by atoms with Crippen LogP contribution in [0.5, 0.6) is 5.75 Å². The van der Waals surface area contributed by atoms with Crippen LogP contribution < -0.4 is 9.64 Å². The van der Waals surface area contributed by atoms with E-state index >= 15 is 0 Å². The maximum Gasteiger partial charge on any atom is 0.325 e. The normalized spacial score (nSPS) is 22.0. The number of rotatable bonds is 4. The number of nitrogens with zero attached hydrogens (tertiary/aromatic N) is 3. The first-order chi connectivity index (χ1) is 13.1. The van der Waals surface area contributed by atoms with E-state index in [2.05, 4.69) is 0 Å². The molecule has 27 heavy (non-hydrogen) atoms. The summed E-state index contributed by atoms with van der Waals surface area (Å²) >= 11 is 0. The third-order valence-corrected chi connectivity index (χ3v) is 5.50. The Kier molecular flexibility index (Phi) is 4.92. The Labute approximate surface area is 158 Å². The first-order valence-corrected chi connectivity index (χ1v) is 9.36. The predicted octanol–water partition coefficient (Wildman–Crippen LogP) is 1.30. The van der Waals surface area contributed by atoms with Gasteiger partial charge in [-0.3, -0.25) is 9.69 Å². The molecule has 3 saturated heterocycles. The number of piperidine rings is 1. The molecule has 3 aliphatic heterocycles. The smallest absolute Gasteiger partial charge is 0.325 e. The molecule has 1 aromatic rings. The molecule has 0 saturated carbocycles. The second-order valence-electron chi connectivity index (χ2n) is 7.04. The van der Waals surface area contributed by atoms with E-state index in [1.165, 1.54) is 0 Å². The van der Waals surface area contributed by atoms with Gasteiger partial charge in [0.2, 0.25) is 5.91 Å². The van der Waals surface area contributed by atoms with Crippen LogP contribution in [0.15, 0.2) is 24.3 Å². The van der Waals surface area contributed by atoms with Crippen LogP contribution in [0.25, 0.3) is 0 Å². The van der Waals surface area contributed by atoms with Crippen molar-refractivity contribution >= 4 is 17.6 Å². The highest BCUT2D eigenvalue weighted by Crippen LogP contribution is 2.31. The van der Waals surface area contributed by atoms with E-state index in [1.54, 1.807) is 21.8 Å². The van der Waals surface area contributed by atoms with Gasteiger partial charge >= 0.3 is 6.03 Å². The first kappa shape index (κ1) is 18.1. The van der Waals surface area contributed by atoms with Gasteiger partial charge in [0.05, 0.1) is 20.3 Å². The average molecular weight is 375 g/mol. The Morgan fingerprint density at radius 2 is 1.74 bits per heavy atom. The van der Waals surface area contributed by atoms with Crippen molar-refractivity contribution in [3.63, 3.8) is 0 Å². The fraction of sp³-hybridized carbons (Fsp3) is 0.579. The molecule has 0 radical (unpaired) electrons. The lowest BCUT2D eigenvalue weighted by Gasteiger charge is -2.38.